The number of nitrogens with zero attached hydrogens (tertiary/aromatic N) is 1. The molecule has 2 aromatic rings. The highest BCUT2D eigenvalue weighted by Crippen LogP contribution is 2.21. The van der Waals surface area contributed by atoms with Gasteiger partial charge in [0.05, 0.1) is 12.1 Å². The number of halogens is 3. The molecule has 0 spiro atoms. The minimum atomic E-state index is -4.10. The van der Waals surface area contributed by atoms with Crippen LogP contribution in [0.3, 0.4) is 0 Å². The second-order valence-corrected chi connectivity index (χ2v) is 8.66. The van der Waals surface area contributed by atoms with E-state index in [1.165, 1.54) is 18.3 Å². The van der Waals surface area contributed by atoms with Gasteiger partial charge in [-0.25, -0.2) is 0 Å². The van der Waals surface area contributed by atoms with Gasteiger partial charge >= 0.3 is 6.18 Å². The molecule has 0 saturated carbocycles. The Kier molecular flexibility index (Phi) is 27.6. The molecular formula is C33H54F3N5. The van der Waals surface area contributed by atoms with Gasteiger partial charge in [0.1, 0.15) is 0 Å². The summed E-state index contributed by atoms with van der Waals surface area (Å²) >= 11 is 0. The predicted octanol–water partition coefficient (Wildman–Crippen LogP) is 8.06. The number of rotatable bonds is 11. The maximum absolute atomic E-state index is 11.8. The van der Waals surface area contributed by atoms with Crippen LogP contribution in [0.25, 0.3) is 12.2 Å². The SMILES string of the molecule is C=CN.C=Cc1cc(CNC(=C)C(N)CCCC)cnc1C=C.CC.CCCN.Cc1ccc(CC(F)(F)F)cc1. The summed E-state index contributed by atoms with van der Waals surface area (Å²) in [6.45, 7) is 26.2. The number of benzene rings is 1. The summed E-state index contributed by atoms with van der Waals surface area (Å²) in [5, 5.41) is 3.28. The van der Waals surface area contributed by atoms with Crippen LogP contribution in [0.1, 0.15) is 81.3 Å². The molecule has 0 fully saturated rings. The summed E-state index contributed by atoms with van der Waals surface area (Å²) in [6, 6.07) is 8.43. The molecule has 8 heteroatoms. The Morgan fingerprint density at radius 1 is 1.02 bits per heavy atom. The number of hydrogen-bond acceptors (Lipinski definition) is 5. The molecule has 2 rings (SSSR count). The first-order valence-electron chi connectivity index (χ1n) is 14.0. The first-order chi connectivity index (χ1) is 19.4. The zero-order valence-corrected chi connectivity index (χ0v) is 25.9. The smallest absolute Gasteiger partial charge is 0.393 e. The maximum Gasteiger partial charge on any atom is 0.393 e. The van der Waals surface area contributed by atoms with Crippen molar-refractivity contribution in [2.45, 2.75) is 85.5 Å². The van der Waals surface area contributed by atoms with E-state index in [1.54, 1.807) is 24.3 Å². The average molecular weight is 578 g/mol. The second-order valence-electron chi connectivity index (χ2n) is 8.66. The fraction of sp³-hybridized carbons (Fsp3) is 0.424. The molecule has 0 bridgehead atoms. The van der Waals surface area contributed by atoms with Crippen molar-refractivity contribution >= 4 is 12.2 Å². The lowest BCUT2D eigenvalue weighted by Crippen LogP contribution is -2.30. The van der Waals surface area contributed by atoms with Gasteiger partial charge in [-0.3, -0.25) is 4.98 Å². The van der Waals surface area contributed by atoms with E-state index in [4.69, 9.17) is 11.5 Å². The van der Waals surface area contributed by atoms with Crippen LogP contribution in [0.5, 0.6) is 0 Å². The number of hydrogen-bond donors (Lipinski definition) is 4. The fourth-order valence-corrected chi connectivity index (χ4v) is 2.85. The topological polar surface area (TPSA) is 103 Å². The van der Waals surface area contributed by atoms with E-state index in [2.05, 4.69) is 62.3 Å². The molecule has 0 amide bonds. The Balaban J connectivity index is -0.000000580. The zero-order valence-electron chi connectivity index (χ0n) is 25.9. The molecule has 0 aliphatic rings. The van der Waals surface area contributed by atoms with E-state index in [0.29, 0.717) is 12.1 Å². The number of aromatic nitrogens is 1. The van der Waals surface area contributed by atoms with Crippen LogP contribution < -0.4 is 22.5 Å². The summed E-state index contributed by atoms with van der Waals surface area (Å²) in [5.41, 5.74) is 20.8. The van der Waals surface area contributed by atoms with Crippen LogP contribution in [0.15, 0.2) is 74.7 Å². The predicted molar refractivity (Wildman–Crippen MR) is 174 cm³/mol. The molecule has 232 valence electrons. The maximum atomic E-state index is 11.8. The number of aryl methyl sites for hydroxylation is 1. The van der Waals surface area contributed by atoms with Crippen LogP contribution in [0, 0.1) is 6.92 Å². The zero-order chi connectivity index (χ0) is 32.3. The van der Waals surface area contributed by atoms with Crippen molar-refractivity contribution in [2.75, 3.05) is 6.54 Å². The van der Waals surface area contributed by atoms with Crippen molar-refractivity contribution in [1.29, 1.82) is 0 Å². The van der Waals surface area contributed by atoms with Gasteiger partial charge in [-0.2, -0.15) is 13.2 Å². The average Bonchev–Trinajstić information content (AvgIpc) is 2.96. The van der Waals surface area contributed by atoms with Gasteiger partial charge in [0.15, 0.2) is 0 Å². The third kappa shape index (κ3) is 24.2. The summed E-state index contributed by atoms with van der Waals surface area (Å²) in [7, 11) is 0. The number of pyridine rings is 1. The van der Waals surface area contributed by atoms with Crippen molar-refractivity contribution in [3.63, 3.8) is 0 Å². The van der Waals surface area contributed by atoms with Crippen LogP contribution in [0.2, 0.25) is 0 Å². The van der Waals surface area contributed by atoms with Crippen molar-refractivity contribution in [1.82, 2.24) is 10.3 Å². The highest BCUT2D eigenvalue weighted by atomic mass is 19.4. The lowest BCUT2D eigenvalue weighted by Gasteiger charge is -2.16. The van der Waals surface area contributed by atoms with E-state index in [0.717, 1.165) is 60.3 Å². The summed E-state index contributed by atoms with van der Waals surface area (Å²) in [5.74, 6) is 0. The van der Waals surface area contributed by atoms with Crippen LogP contribution in [-0.2, 0) is 13.0 Å². The lowest BCUT2D eigenvalue weighted by atomic mass is 10.1. The molecule has 1 atom stereocenters. The minimum Gasteiger partial charge on any atom is -0.405 e. The van der Waals surface area contributed by atoms with Crippen LogP contribution in [0.4, 0.5) is 13.2 Å². The summed E-state index contributed by atoms with van der Waals surface area (Å²) < 4.78 is 35.5. The van der Waals surface area contributed by atoms with Gasteiger partial charge in [0.25, 0.3) is 0 Å². The van der Waals surface area contributed by atoms with Gasteiger partial charge in [-0.15, -0.1) is 0 Å². The lowest BCUT2D eigenvalue weighted by molar-refractivity contribution is -0.127. The molecule has 1 unspecified atom stereocenters. The first-order valence-corrected chi connectivity index (χ1v) is 14.0. The van der Waals surface area contributed by atoms with E-state index >= 15 is 0 Å². The normalized spacial score (nSPS) is 10.3. The Bertz CT molecular complexity index is 952. The first kappa shape index (κ1) is 42.1. The molecule has 41 heavy (non-hydrogen) atoms. The Morgan fingerprint density at radius 3 is 1.98 bits per heavy atom. The van der Waals surface area contributed by atoms with Crippen LogP contribution in [-0.4, -0.2) is 23.7 Å². The highest BCUT2D eigenvalue weighted by molar-refractivity contribution is 5.60. The highest BCUT2D eigenvalue weighted by Gasteiger charge is 2.27. The van der Waals surface area contributed by atoms with E-state index in [-0.39, 0.29) is 6.04 Å². The fourth-order valence-electron chi connectivity index (χ4n) is 2.85. The van der Waals surface area contributed by atoms with Gasteiger partial charge in [-0.1, -0.05) is 103 Å². The van der Waals surface area contributed by atoms with Crippen LogP contribution >= 0.6 is 0 Å². The summed E-state index contributed by atoms with van der Waals surface area (Å²) in [4.78, 5) is 4.35. The molecule has 5 nitrogen and oxygen atoms in total. The minimum absolute atomic E-state index is 0.00855. The van der Waals surface area contributed by atoms with Crippen molar-refractivity contribution in [2.24, 2.45) is 17.2 Å². The molecule has 1 heterocycles. The quantitative estimate of drug-likeness (QED) is 0.216. The van der Waals surface area contributed by atoms with Gasteiger partial charge < -0.3 is 22.5 Å². The Morgan fingerprint density at radius 2 is 1.56 bits per heavy atom. The molecule has 1 aromatic carbocycles. The molecular weight excluding hydrogens is 523 g/mol. The number of unbranched alkanes of at least 4 members (excludes halogenated alkanes) is 1. The molecule has 0 aliphatic carbocycles. The number of nitrogens with two attached hydrogens (primary N) is 3. The second kappa shape index (κ2) is 26.8. The van der Waals surface area contributed by atoms with Crippen molar-refractivity contribution in [3.05, 3.63) is 103 Å². The third-order valence-electron chi connectivity index (χ3n) is 5.07. The number of alkyl halides is 3. The van der Waals surface area contributed by atoms with Gasteiger partial charge in [-0.05, 0) is 61.3 Å². The standard InChI is InChI=1S/C17H25N3.C9H9F3.C3H9N.C2H5N.C2H6/c1-5-8-9-16(18)13(4)19-11-14-10-15(6-2)17(7-3)20-12-14;1-7-2-4-8(5-3-7)6-9(10,11)12;1-2-3-4;1-2-3;1-2/h6-7,10,12,16,19H,2-5,8-9,11,18H2,1H3;2-5H,6H2,1H3;2-4H2,1H3;2H,1,3H2;1-2H3. The molecule has 0 radical (unpaired) electrons. The number of nitrogens with one attached hydrogen (secondary N) is 1. The van der Waals surface area contributed by atoms with E-state index in [1.807, 2.05) is 27.0 Å². The molecule has 0 saturated heterocycles. The largest absolute Gasteiger partial charge is 0.405 e. The van der Waals surface area contributed by atoms with Crippen molar-refractivity contribution in [3.8, 4) is 0 Å². The summed E-state index contributed by atoms with van der Waals surface area (Å²) in [6.07, 6.45) is 6.00. The monoisotopic (exact) mass is 577 g/mol. The molecule has 1 aromatic heterocycles. The van der Waals surface area contributed by atoms with Crippen molar-refractivity contribution < 1.29 is 13.2 Å². The van der Waals surface area contributed by atoms with Gasteiger partial charge in [0, 0.05) is 24.5 Å². The Labute approximate surface area is 247 Å². The van der Waals surface area contributed by atoms with E-state index in [9.17, 15) is 13.2 Å². The molecule has 0 aliphatic heterocycles. The molecule has 7 N–H and O–H groups in total. The van der Waals surface area contributed by atoms with E-state index < -0.39 is 12.6 Å². The Hall–Kier alpha value is -3.36. The van der Waals surface area contributed by atoms with Gasteiger partial charge in [0.2, 0.25) is 0 Å². The third-order valence-corrected chi connectivity index (χ3v) is 5.07.